The van der Waals surface area contributed by atoms with E-state index in [0.29, 0.717) is 0 Å². The van der Waals surface area contributed by atoms with Crippen molar-refractivity contribution in [3.05, 3.63) is 12.3 Å². The van der Waals surface area contributed by atoms with Gasteiger partial charge in [-0.1, -0.05) is 0 Å². The summed E-state index contributed by atoms with van der Waals surface area (Å²) in [5.74, 6) is -1.53. The Morgan fingerprint density at radius 3 is 2.45 bits per heavy atom. The molecule has 62 valence electrons. The molecule has 0 aromatic heterocycles. The first-order valence-corrected chi connectivity index (χ1v) is 3.02. The summed E-state index contributed by atoms with van der Waals surface area (Å²) in [6.45, 7) is 0. The molecule has 0 aromatic carbocycles. The van der Waals surface area contributed by atoms with Gasteiger partial charge in [-0.05, 0) is 6.08 Å². The van der Waals surface area contributed by atoms with Crippen LogP contribution in [0.15, 0.2) is 17.4 Å². The predicted octanol–water partition coefficient (Wildman–Crippen LogP) is 1.61. The first-order valence-electron chi connectivity index (χ1n) is 3.02. The average molecular weight is 164 g/mol. The summed E-state index contributed by atoms with van der Waals surface area (Å²) in [6, 6.07) is 0. The van der Waals surface area contributed by atoms with Gasteiger partial charge in [0.05, 0.1) is 0 Å². The Balaban J connectivity index is 2.66. The van der Waals surface area contributed by atoms with Gasteiger partial charge < -0.3 is 0 Å². The average Bonchev–Trinajstić information content (AvgIpc) is 1.86. The summed E-state index contributed by atoms with van der Waals surface area (Å²) in [7, 11) is 1.57. The predicted molar refractivity (Wildman–Crippen MR) is 34.9 cm³/mol. The van der Waals surface area contributed by atoms with Crippen LogP contribution in [-0.4, -0.2) is 24.4 Å². The fraction of sp³-hybridized carbons (Fsp3) is 0.500. The van der Waals surface area contributed by atoms with Crippen molar-refractivity contribution in [1.29, 1.82) is 0 Å². The van der Waals surface area contributed by atoms with Crippen molar-refractivity contribution in [3.8, 4) is 0 Å². The Labute approximate surface area is 62.0 Å². The van der Waals surface area contributed by atoms with Crippen LogP contribution in [-0.2, 0) is 0 Å². The van der Waals surface area contributed by atoms with Gasteiger partial charge in [-0.3, -0.25) is 5.01 Å². The summed E-state index contributed by atoms with van der Waals surface area (Å²) in [5, 5.41) is 4.80. The van der Waals surface area contributed by atoms with Gasteiger partial charge in [0.2, 0.25) is 0 Å². The quantitative estimate of drug-likeness (QED) is 0.531. The highest BCUT2D eigenvalue weighted by Crippen LogP contribution is 2.27. The van der Waals surface area contributed by atoms with Crippen LogP contribution in [0.1, 0.15) is 0 Å². The monoisotopic (exact) mass is 164 g/mol. The number of nitrogens with zero attached hydrogens (tertiary/aromatic N) is 2. The molecule has 1 aliphatic heterocycles. The third kappa shape index (κ3) is 1.96. The SMILES string of the molecule is CN1C=CC(C(F)(F)F)C=N1. The molecule has 11 heavy (non-hydrogen) atoms. The van der Waals surface area contributed by atoms with E-state index in [0.717, 1.165) is 12.3 Å². The minimum Gasteiger partial charge on any atom is -0.276 e. The van der Waals surface area contributed by atoms with Crippen LogP contribution in [0.3, 0.4) is 0 Å². The fourth-order valence-electron chi connectivity index (χ4n) is 0.676. The summed E-state index contributed by atoms with van der Waals surface area (Å²) in [5.41, 5.74) is 0. The summed E-state index contributed by atoms with van der Waals surface area (Å²) in [4.78, 5) is 0. The van der Waals surface area contributed by atoms with E-state index in [1.807, 2.05) is 0 Å². The normalized spacial score (nSPS) is 24.4. The smallest absolute Gasteiger partial charge is 0.276 e. The molecule has 1 unspecified atom stereocenters. The maximum Gasteiger partial charge on any atom is 0.400 e. The Kier molecular flexibility index (Phi) is 1.89. The Bertz CT molecular complexity index is 180. The zero-order valence-corrected chi connectivity index (χ0v) is 5.84. The van der Waals surface area contributed by atoms with Crippen LogP contribution in [0.4, 0.5) is 13.2 Å². The van der Waals surface area contributed by atoms with E-state index in [4.69, 9.17) is 0 Å². The van der Waals surface area contributed by atoms with Gasteiger partial charge in [-0.2, -0.15) is 18.3 Å². The molecule has 0 aromatic rings. The van der Waals surface area contributed by atoms with E-state index in [1.165, 1.54) is 11.2 Å². The van der Waals surface area contributed by atoms with Gasteiger partial charge >= 0.3 is 6.18 Å². The van der Waals surface area contributed by atoms with Gasteiger partial charge in [0.25, 0.3) is 0 Å². The zero-order chi connectivity index (χ0) is 8.48. The number of alkyl halides is 3. The molecule has 0 fully saturated rings. The zero-order valence-electron chi connectivity index (χ0n) is 5.84. The van der Waals surface area contributed by atoms with Crippen LogP contribution < -0.4 is 0 Å². The molecule has 0 spiro atoms. The lowest BCUT2D eigenvalue weighted by Gasteiger charge is -2.18. The number of hydrogen-bond donors (Lipinski definition) is 0. The van der Waals surface area contributed by atoms with Crippen LogP contribution in [0, 0.1) is 5.92 Å². The van der Waals surface area contributed by atoms with E-state index < -0.39 is 12.1 Å². The van der Waals surface area contributed by atoms with Gasteiger partial charge in [-0.15, -0.1) is 0 Å². The van der Waals surface area contributed by atoms with Crippen LogP contribution in [0.2, 0.25) is 0 Å². The van der Waals surface area contributed by atoms with Gasteiger partial charge in [-0.25, -0.2) is 0 Å². The second-order valence-electron chi connectivity index (χ2n) is 2.25. The largest absolute Gasteiger partial charge is 0.400 e. The topological polar surface area (TPSA) is 15.6 Å². The van der Waals surface area contributed by atoms with Crippen molar-refractivity contribution in [2.45, 2.75) is 6.18 Å². The summed E-state index contributed by atoms with van der Waals surface area (Å²) in [6.07, 6.45) is -0.980. The molecule has 0 amide bonds. The lowest BCUT2D eigenvalue weighted by molar-refractivity contribution is -0.143. The van der Waals surface area contributed by atoms with Crippen molar-refractivity contribution in [3.63, 3.8) is 0 Å². The van der Waals surface area contributed by atoms with E-state index in [9.17, 15) is 13.2 Å². The Hall–Kier alpha value is -1.00. The standard InChI is InChI=1S/C6H7F3N2/c1-11-3-2-5(4-10-11)6(7,8)9/h2-5H,1H3. The molecule has 1 atom stereocenters. The number of rotatable bonds is 0. The second-order valence-corrected chi connectivity index (χ2v) is 2.25. The van der Waals surface area contributed by atoms with Crippen LogP contribution in [0.5, 0.6) is 0 Å². The highest BCUT2D eigenvalue weighted by Gasteiger charge is 2.37. The third-order valence-electron chi connectivity index (χ3n) is 1.30. The van der Waals surface area contributed by atoms with Gasteiger partial charge in [0, 0.05) is 19.5 Å². The molecule has 0 N–H and O–H groups in total. The van der Waals surface area contributed by atoms with E-state index >= 15 is 0 Å². The van der Waals surface area contributed by atoms with Gasteiger partial charge in [0.1, 0.15) is 5.92 Å². The molecule has 0 aliphatic carbocycles. The first-order chi connectivity index (χ1) is 5.00. The van der Waals surface area contributed by atoms with Crippen molar-refractivity contribution < 1.29 is 13.2 Å². The van der Waals surface area contributed by atoms with Crippen molar-refractivity contribution in [1.82, 2.24) is 5.01 Å². The molecular formula is C6H7F3N2. The van der Waals surface area contributed by atoms with Crippen LogP contribution >= 0.6 is 0 Å². The first kappa shape index (κ1) is 8.10. The molecule has 0 saturated carbocycles. The van der Waals surface area contributed by atoms with Crippen LogP contribution in [0.25, 0.3) is 0 Å². The number of hydrogen-bond acceptors (Lipinski definition) is 2. The molecule has 5 heteroatoms. The molecule has 1 heterocycles. The molecule has 0 radical (unpaired) electrons. The highest BCUT2D eigenvalue weighted by atomic mass is 19.4. The number of hydrazone groups is 1. The molecule has 0 saturated heterocycles. The minimum absolute atomic E-state index is 0.875. The van der Waals surface area contributed by atoms with Crippen molar-refractivity contribution in [2.24, 2.45) is 11.0 Å². The highest BCUT2D eigenvalue weighted by molar-refractivity contribution is 5.65. The fourth-order valence-corrected chi connectivity index (χ4v) is 0.676. The number of halogens is 3. The van der Waals surface area contributed by atoms with Gasteiger partial charge in [0.15, 0.2) is 0 Å². The molecular weight excluding hydrogens is 157 g/mol. The maximum absolute atomic E-state index is 11.9. The molecule has 2 nitrogen and oxygen atoms in total. The maximum atomic E-state index is 11.9. The minimum atomic E-state index is -4.21. The Morgan fingerprint density at radius 1 is 1.45 bits per heavy atom. The lowest BCUT2D eigenvalue weighted by Crippen LogP contribution is -2.25. The summed E-state index contributed by atoms with van der Waals surface area (Å²) >= 11 is 0. The van der Waals surface area contributed by atoms with Crippen molar-refractivity contribution >= 4 is 6.21 Å². The second kappa shape index (κ2) is 2.56. The molecule has 1 rings (SSSR count). The molecule has 1 aliphatic rings. The van der Waals surface area contributed by atoms with Crippen molar-refractivity contribution in [2.75, 3.05) is 7.05 Å². The summed E-state index contributed by atoms with van der Waals surface area (Å²) < 4.78 is 35.7. The van der Waals surface area contributed by atoms with E-state index in [-0.39, 0.29) is 0 Å². The van der Waals surface area contributed by atoms with E-state index in [2.05, 4.69) is 5.10 Å². The third-order valence-corrected chi connectivity index (χ3v) is 1.30. The lowest BCUT2D eigenvalue weighted by atomic mass is 10.1. The number of allylic oxidation sites excluding steroid dienone is 1. The van der Waals surface area contributed by atoms with E-state index in [1.54, 1.807) is 7.05 Å². The Morgan fingerprint density at radius 2 is 2.09 bits per heavy atom. The molecule has 0 bridgehead atoms.